The van der Waals surface area contributed by atoms with Crippen LogP contribution < -0.4 is 4.74 Å². The molecule has 0 saturated carbocycles. The molecule has 4 aromatic rings. The lowest BCUT2D eigenvalue weighted by Crippen LogP contribution is -2.48. The fourth-order valence-corrected chi connectivity index (χ4v) is 4.58. The third kappa shape index (κ3) is 3.08. The van der Waals surface area contributed by atoms with Crippen LogP contribution in [0.3, 0.4) is 0 Å². The van der Waals surface area contributed by atoms with Crippen molar-refractivity contribution in [2.45, 2.75) is 6.92 Å². The van der Waals surface area contributed by atoms with Crippen molar-refractivity contribution in [3.63, 3.8) is 0 Å². The highest BCUT2D eigenvalue weighted by Gasteiger charge is 2.20. The number of hydrogen-bond donors (Lipinski definition) is 0. The smallest absolute Gasteiger partial charge is 0.260 e. The van der Waals surface area contributed by atoms with E-state index < -0.39 is 0 Å². The van der Waals surface area contributed by atoms with Gasteiger partial charge in [-0.3, -0.25) is 9.78 Å². The maximum Gasteiger partial charge on any atom is 0.260 e. The van der Waals surface area contributed by atoms with Crippen molar-refractivity contribution in [3.05, 3.63) is 48.3 Å². The first-order valence-electron chi connectivity index (χ1n) is 10.4. The molecule has 1 saturated heterocycles. The third-order valence-corrected chi connectivity index (χ3v) is 6.34. The fourth-order valence-electron chi connectivity index (χ4n) is 4.58. The van der Waals surface area contributed by atoms with Crippen LogP contribution in [0.1, 0.15) is 5.56 Å². The minimum Gasteiger partial charge on any atom is -0.484 e. The van der Waals surface area contributed by atoms with Crippen molar-refractivity contribution in [2.75, 3.05) is 39.8 Å². The SMILES string of the molecule is Cc1c2ccncc2cc2c3cc(OCC(=O)N4CCN(C)CC4)ccc3n(C)c12. The van der Waals surface area contributed by atoms with Gasteiger partial charge in [-0.25, -0.2) is 0 Å². The Morgan fingerprint density at radius 2 is 1.83 bits per heavy atom. The van der Waals surface area contributed by atoms with Gasteiger partial charge in [-0.15, -0.1) is 0 Å². The number of likely N-dealkylation sites (N-methyl/N-ethyl adjacent to an activating group) is 1. The molecule has 0 atom stereocenters. The lowest BCUT2D eigenvalue weighted by atomic mass is 10.0. The molecule has 2 aromatic carbocycles. The van der Waals surface area contributed by atoms with E-state index in [0.29, 0.717) is 0 Å². The van der Waals surface area contributed by atoms with E-state index in [1.807, 2.05) is 23.4 Å². The predicted molar refractivity (Wildman–Crippen MR) is 120 cm³/mol. The number of amides is 1. The van der Waals surface area contributed by atoms with E-state index in [1.54, 1.807) is 0 Å². The Balaban J connectivity index is 1.48. The van der Waals surface area contributed by atoms with Gasteiger partial charge in [0.25, 0.3) is 5.91 Å². The highest BCUT2D eigenvalue weighted by Crippen LogP contribution is 2.36. The van der Waals surface area contributed by atoms with Gasteiger partial charge < -0.3 is 19.1 Å². The summed E-state index contributed by atoms with van der Waals surface area (Å²) in [7, 11) is 4.18. The van der Waals surface area contributed by atoms with E-state index in [0.717, 1.165) is 48.2 Å². The number of hydrogen-bond acceptors (Lipinski definition) is 4. The molecule has 1 fully saturated rings. The standard InChI is InChI=1S/C24H26N4O2/c1-16-19-6-7-25-14-17(19)12-21-20-13-18(4-5-22(20)27(3)24(16)21)30-15-23(29)28-10-8-26(2)9-11-28/h4-7,12-14H,8-11,15H2,1-3H3. The van der Waals surface area contributed by atoms with E-state index in [4.69, 9.17) is 4.74 Å². The van der Waals surface area contributed by atoms with Gasteiger partial charge in [-0.1, -0.05) is 0 Å². The summed E-state index contributed by atoms with van der Waals surface area (Å²) in [5, 5.41) is 4.66. The van der Waals surface area contributed by atoms with Crippen LogP contribution in [0, 0.1) is 6.92 Å². The molecule has 30 heavy (non-hydrogen) atoms. The Bertz CT molecular complexity index is 1270. The molecule has 0 unspecified atom stereocenters. The normalized spacial score (nSPS) is 15.4. The molecule has 0 N–H and O–H groups in total. The number of carbonyl (C=O) groups excluding carboxylic acids is 1. The first-order chi connectivity index (χ1) is 14.5. The highest BCUT2D eigenvalue weighted by molar-refractivity contribution is 6.14. The minimum absolute atomic E-state index is 0.0500. The fraction of sp³-hybridized carbons (Fsp3) is 0.333. The second kappa shape index (κ2) is 7.29. The number of rotatable bonds is 3. The monoisotopic (exact) mass is 402 g/mol. The quantitative estimate of drug-likeness (QED) is 0.527. The summed E-state index contributed by atoms with van der Waals surface area (Å²) in [6.45, 7) is 5.59. The van der Waals surface area contributed by atoms with Crippen LogP contribution in [0.5, 0.6) is 5.75 Å². The first-order valence-corrected chi connectivity index (χ1v) is 10.4. The van der Waals surface area contributed by atoms with Crippen molar-refractivity contribution in [3.8, 4) is 5.75 Å². The molecular weight excluding hydrogens is 376 g/mol. The highest BCUT2D eigenvalue weighted by atomic mass is 16.5. The number of ether oxygens (including phenoxy) is 1. The van der Waals surface area contributed by atoms with Crippen molar-refractivity contribution in [1.82, 2.24) is 19.4 Å². The Kier molecular flexibility index (Phi) is 4.59. The van der Waals surface area contributed by atoms with E-state index in [-0.39, 0.29) is 12.5 Å². The zero-order chi connectivity index (χ0) is 20.8. The number of aryl methyl sites for hydroxylation is 2. The molecule has 0 radical (unpaired) electrons. The molecule has 0 spiro atoms. The van der Waals surface area contributed by atoms with Gasteiger partial charge in [-0.2, -0.15) is 0 Å². The molecule has 6 heteroatoms. The summed E-state index contributed by atoms with van der Waals surface area (Å²) < 4.78 is 8.14. The van der Waals surface area contributed by atoms with E-state index in [2.05, 4.69) is 59.7 Å². The summed E-state index contributed by atoms with van der Waals surface area (Å²) in [6, 6.07) is 10.4. The molecule has 5 rings (SSSR count). The van der Waals surface area contributed by atoms with Crippen molar-refractivity contribution in [1.29, 1.82) is 0 Å². The predicted octanol–water partition coefficient (Wildman–Crippen LogP) is 3.34. The van der Waals surface area contributed by atoms with Gasteiger partial charge in [0.15, 0.2) is 6.61 Å². The Morgan fingerprint density at radius 3 is 2.63 bits per heavy atom. The maximum atomic E-state index is 12.5. The average Bonchev–Trinajstić information content (AvgIpc) is 3.04. The third-order valence-electron chi connectivity index (χ3n) is 6.34. The van der Waals surface area contributed by atoms with E-state index >= 15 is 0 Å². The summed E-state index contributed by atoms with van der Waals surface area (Å²) >= 11 is 0. The zero-order valence-electron chi connectivity index (χ0n) is 17.7. The maximum absolute atomic E-state index is 12.5. The van der Waals surface area contributed by atoms with Crippen LogP contribution in [0.25, 0.3) is 32.6 Å². The molecule has 154 valence electrons. The molecule has 6 nitrogen and oxygen atoms in total. The molecule has 3 heterocycles. The molecule has 1 aliphatic rings. The second-order valence-corrected chi connectivity index (χ2v) is 8.21. The summed E-state index contributed by atoms with van der Waals surface area (Å²) in [4.78, 5) is 20.9. The van der Waals surface area contributed by atoms with Crippen molar-refractivity contribution in [2.24, 2.45) is 7.05 Å². The number of pyridine rings is 1. The molecule has 1 aliphatic heterocycles. The van der Waals surface area contributed by atoms with Gasteiger partial charge in [-0.05, 0) is 55.3 Å². The zero-order valence-corrected chi connectivity index (χ0v) is 17.7. The lowest BCUT2D eigenvalue weighted by Gasteiger charge is -2.32. The van der Waals surface area contributed by atoms with Crippen LogP contribution in [0.2, 0.25) is 0 Å². The summed E-state index contributed by atoms with van der Waals surface area (Å²) in [5.41, 5.74) is 3.61. The van der Waals surface area contributed by atoms with Gasteiger partial charge >= 0.3 is 0 Å². The van der Waals surface area contributed by atoms with Crippen LogP contribution in [0.4, 0.5) is 0 Å². The summed E-state index contributed by atoms with van der Waals surface area (Å²) in [6.07, 6.45) is 3.75. The minimum atomic E-state index is 0.0500. The van der Waals surface area contributed by atoms with Crippen LogP contribution >= 0.6 is 0 Å². The number of nitrogens with zero attached hydrogens (tertiary/aromatic N) is 4. The van der Waals surface area contributed by atoms with Crippen LogP contribution in [-0.2, 0) is 11.8 Å². The number of fused-ring (bicyclic) bond motifs is 4. The second-order valence-electron chi connectivity index (χ2n) is 8.21. The molecule has 0 bridgehead atoms. The Hall–Kier alpha value is -3.12. The van der Waals surface area contributed by atoms with Crippen molar-refractivity contribution < 1.29 is 9.53 Å². The van der Waals surface area contributed by atoms with E-state index in [1.165, 1.54) is 21.9 Å². The van der Waals surface area contributed by atoms with Crippen LogP contribution in [0.15, 0.2) is 42.7 Å². The molecule has 2 aromatic heterocycles. The molecule has 0 aliphatic carbocycles. The average molecular weight is 402 g/mol. The Labute approximate surface area is 175 Å². The lowest BCUT2D eigenvalue weighted by molar-refractivity contribution is -0.134. The van der Waals surface area contributed by atoms with Crippen molar-refractivity contribution >= 4 is 38.5 Å². The Morgan fingerprint density at radius 1 is 1.03 bits per heavy atom. The van der Waals surface area contributed by atoms with Gasteiger partial charge in [0.1, 0.15) is 5.75 Å². The van der Waals surface area contributed by atoms with E-state index in [9.17, 15) is 4.79 Å². The summed E-state index contributed by atoms with van der Waals surface area (Å²) in [5.74, 6) is 0.774. The van der Waals surface area contributed by atoms with Crippen LogP contribution in [-0.4, -0.2) is 65.1 Å². The molecule has 1 amide bonds. The molecular formula is C24H26N4O2. The number of aromatic nitrogens is 2. The topological polar surface area (TPSA) is 50.6 Å². The number of carbonyl (C=O) groups is 1. The largest absolute Gasteiger partial charge is 0.484 e. The van der Waals surface area contributed by atoms with Gasteiger partial charge in [0.2, 0.25) is 0 Å². The number of benzene rings is 2. The number of piperazine rings is 1. The van der Waals surface area contributed by atoms with Gasteiger partial charge in [0, 0.05) is 67.3 Å². The first kappa shape index (κ1) is 18.9. The van der Waals surface area contributed by atoms with Gasteiger partial charge in [0.05, 0.1) is 5.52 Å².